The van der Waals surface area contributed by atoms with Gasteiger partial charge in [0, 0.05) is 125 Å². The maximum Gasteiger partial charge on any atom is 0.256 e. The lowest BCUT2D eigenvalue weighted by Crippen LogP contribution is -2.26. The summed E-state index contributed by atoms with van der Waals surface area (Å²) >= 11 is 5.32. The zero-order chi connectivity index (χ0) is 65.5. The molecule has 15 nitrogen and oxygen atoms in total. The molecule has 2 aliphatic carbocycles. The van der Waals surface area contributed by atoms with Crippen molar-refractivity contribution >= 4 is 137 Å². The van der Waals surface area contributed by atoms with E-state index in [1.807, 2.05) is 103 Å². The first-order valence-electron chi connectivity index (χ1n) is 33.3. The topological polar surface area (TPSA) is 215 Å². The summed E-state index contributed by atoms with van der Waals surface area (Å²) in [6, 6.07) is 48.9. The third-order valence-electron chi connectivity index (χ3n) is 18.8. The number of nitrogens with one attached hydrogen (secondary N) is 7. The minimum atomic E-state index is -0.0699. The lowest BCUT2D eigenvalue weighted by Gasteiger charge is -2.20. The Morgan fingerprint density at radius 3 is 1.32 bits per heavy atom. The highest BCUT2D eigenvalue weighted by molar-refractivity contribution is 7.10. The maximum absolute atomic E-state index is 12.7. The van der Waals surface area contributed by atoms with Gasteiger partial charge in [0.1, 0.15) is 0 Å². The van der Waals surface area contributed by atoms with Gasteiger partial charge < -0.3 is 46.1 Å². The summed E-state index contributed by atoms with van der Waals surface area (Å²) in [5.74, 6) is 2.59. The quantitative estimate of drug-likeness (QED) is 0.0645. The first kappa shape index (κ1) is 66.3. The highest BCUT2D eigenvalue weighted by Gasteiger charge is 2.29. The fraction of sp³-hybridized carbons (Fsp3) is 0.256. The van der Waals surface area contributed by atoms with E-state index in [-0.39, 0.29) is 30.1 Å². The molecule has 0 atom stereocenters. The molecule has 1 saturated heterocycles. The molecule has 2 saturated carbocycles. The van der Waals surface area contributed by atoms with Crippen LogP contribution in [0.2, 0.25) is 0 Å². The zero-order valence-electron chi connectivity index (χ0n) is 54.1. The maximum atomic E-state index is 12.7. The third kappa shape index (κ3) is 15.0. The predicted octanol–water partition coefficient (Wildman–Crippen LogP) is 18.6. The van der Waals surface area contributed by atoms with E-state index in [2.05, 4.69) is 107 Å². The molecule has 0 bridgehead atoms. The number of hydrogen-bond donors (Lipinski definition) is 8. The van der Waals surface area contributed by atoms with Crippen molar-refractivity contribution in [2.75, 3.05) is 43.3 Å². The Hall–Kier alpha value is -9.27. The molecule has 0 radical (unpaired) electrons. The van der Waals surface area contributed by atoms with E-state index in [0.29, 0.717) is 35.3 Å². The van der Waals surface area contributed by atoms with Crippen molar-refractivity contribution < 1.29 is 24.2 Å². The highest BCUT2D eigenvalue weighted by Crippen LogP contribution is 2.42. The molecule has 4 aliphatic heterocycles. The van der Waals surface area contributed by atoms with Gasteiger partial charge in [0.25, 0.3) is 11.8 Å². The number of piperidine rings is 1. The van der Waals surface area contributed by atoms with Crippen molar-refractivity contribution in [3.8, 4) is 39.7 Å². The molecule has 6 aromatic heterocycles. The number of carbonyl (C=O) groups is 3. The van der Waals surface area contributed by atoms with Crippen LogP contribution in [0, 0.1) is 0 Å². The number of para-hydroxylation sites is 3. The number of amides is 3. The fourth-order valence-corrected chi connectivity index (χ4v) is 16.8. The number of methoxy groups -OCH3 is 1. The summed E-state index contributed by atoms with van der Waals surface area (Å²) in [6.07, 6.45) is 19.8. The summed E-state index contributed by atoms with van der Waals surface area (Å²) in [5.41, 5.74) is 18.4. The Kier molecular flexibility index (Phi) is 20.8. The number of anilines is 3. The SMILES string of the molecule is CO.COc1cc2ccccc2[nH]1.Cl.O=C1Cc2cc(-c3csc(C4CCCCC4)n3)ccc2N1.O=C1Nc2ccc(-c3csc(C4CCCCC4)n3)cc2/C1=C/c1cc2ccccc2[nH]1.O=C1Nc2ccc(-c3csc(C4CCNCC4)n3)cc2/C1=C/c1cc2ccccc2[nH]1. The number of aromatic amines is 3. The van der Waals surface area contributed by atoms with Crippen LogP contribution in [0.25, 0.3) is 89.8 Å². The third-order valence-corrected chi connectivity index (χ3v) is 21.8. The number of thiazole rings is 3. The summed E-state index contributed by atoms with van der Waals surface area (Å²) in [6.45, 7) is 2.13. The van der Waals surface area contributed by atoms with Crippen molar-refractivity contribution in [2.45, 2.75) is 101 Å². The van der Waals surface area contributed by atoms with Crippen molar-refractivity contribution in [3.63, 3.8) is 0 Å². The molecule has 10 heterocycles. The number of nitrogens with zero attached hydrogens (tertiary/aromatic N) is 3. The van der Waals surface area contributed by atoms with Gasteiger partial charge in [-0.3, -0.25) is 14.4 Å². The first-order chi connectivity index (χ1) is 47.2. The van der Waals surface area contributed by atoms with Crippen LogP contribution in [0.4, 0.5) is 17.1 Å². The number of fused-ring (bicyclic) bond motifs is 6. The average molecular weight is 1370 g/mol. The standard InChI is InChI=1S/C26H23N3OS.C25H22N4OS.C17H18N2OS.C9H9NO.CH4O.ClH/c30-25-21(14-19-12-17-8-4-5-9-22(17)27-19)20-13-18(10-11-23(20)28-25)24-15-31-26(29-24)16-6-2-1-3-7-16;30-24-20(13-18-11-16-3-1-2-4-21(16)27-18)19-12-17(5-6-22(19)28-24)23-14-31-25(29-23)15-7-9-26-10-8-15;20-16-9-13-8-12(6-7-14(13)18-16)15-10-21-17(19-15)11-4-2-1-3-5-11;1-11-9-6-7-4-2-3-5-8(7)10-9;1-2;/h4-5,8-16,27H,1-3,6-7H2,(H,28,30);1-6,11-15,26-27H,7-10H2,(H,28,30);6-8,10-11H,1-5,9H2,(H,18,20);2-6,10H,1H3;2H,1H3;1H/b21-14-;20-13-;;;;. The number of H-pyrrole nitrogens is 3. The van der Waals surface area contributed by atoms with Gasteiger partial charge in [-0.05, 0) is 147 Å². The smallest absolute Gasteiger partial charge is 0.256 e. The van der Waals surface area contributed by atoms with Crippen molar-refractivity contribution in [2.24, 2.45) is 0 Å². The molecule has 19 heteroatoms. The van der Waals surface area contributed by atoms with Crippen LogP contribution >= 0.6 is 46.4 Å². The molecule has 3 amide bonds. The van der Waals surface area contributed by atoms with Gasteiger partial charge >= 0.3 is 0 Å². The Balaban J connectivity index is 0.000000121. The van der Waals surface area contributed by atoms with Gasteiger partial charge in [-0.2, -0.15) is 0 Å². The number of halogens is 1. The minimum Gasteiger partial charge on any atom is -0.482 e. The lowest BCUT2D eigenvalue weighted by atomic mass is 9.90. The molecule has 97 heavy (non-hydrogen) atoms. The Morgan fingerprint density at radius 2 is 0.876 bits per heavy atom. The van der Waals surface area contributed by atoms with Gasteiger partial charge in [0.05, 0.1) is 56.8 Å². The van der Waals surface area contributed by atoms with E-state index < -0.39 is 0 Å². The van der Waals surface area contributed by atoms with Crippen LogP contribution in [0.3, 0.4) is 0 Å². The first-order valence-corrected chi connectivity index (χ1v) is 35.9. The van der Waals surface area contributed by atoms with Gasteiger partial charge in [-0.1, -0.05) is 111 Å². The fourth-order valence-electron chi connectivity index (χ4n) is 13.8. The molecule has 18 rings (SSSR count). The molecule has 0 spiro atoms. The number of aromatic nitrogens is 6. The highest BCUT2D eigenvalue weighted by atomic mass is 35.5. The van der Waals surface area contributed by atoms with E-state index in [1.54, 1.807) is 41.1 Å². The summed E-state index contributed by atoms with van der Waals surface area (Å²) in [5, 5.41) is 33.0. The van der Waals surface area contributed by atoms with Crippen LogP contribution < -0.4 is 26.0 Å². The van der Waals surface area contributed by atoms with E-state index >= 15 is 0 Å². The van der Waals surface area contributed by atoms with E-state index in [9.17, 15) is 14.4 Å². The van der Waals surface area contributed by atoms with Gasteiger partial charge in [-0.15, -0.1) is 46.4 Å². The van der Waals surface area contributed by atoms with Crippen molar-refractivity contribution in [3.05, 3.63) is 205 Å². The number of benzene rings is 6. The second-order valence-electron chi connectivity index (χ2n) is 25.1. The molecule has 0 unspecified atom stereocenters. The van der Waals surface area contributed by atoms with Crippen LogP contribution in [0.1, 0.15) is 138 Å². The Labute approximate surface area is 581 Å². The predicted molar refractivity (Wildman–Crippen MR) is 401 cm³/mol. The molecule has 6 aromatic carbocycles. The number of rotatable bonds is 9. The minimum absolute atomic E-state index is 0. The normalized spacial score (nSPS) is 16.7. The number of carbonyl (C=O) groups excluding carboxylic acids is 3. The summed E-state index contributed by atoms with van der Waals surface area (Å²) < 4.78 is 5.04. The van der Waals surface area contributed by atoms with Crippen molar-refractivity contribution in [1.29, 1.82) is 0 Å². The molecular formula is C78H77ClN10O5S3. The molecule has 6 aliphatic rings. The van der Waals surface area contributed by atoms with E-state index in [1.165, 1.54) is 84.6 Å². The second kappa shape index (κ2) is 30.4. The molecule has 12 aromatic rings. The molecular weight excluding hydrogens is 1290 g/mol. The van der Waals surface area contributed by atoms with Crippen LogP contribution in [0.5, 0.6) is 5.88 Å². The average Bonchev–Trinajstić information content (AvgIpc) is 1.66. The number of hydrogen-bond acceptors (Lipinski definition) is 12. The van der Waals surface area contributed by atoms with E-state index in [4.69, 9.17) is 24.8 Å². The number of aliphatic hydroxyl groups is 1. The summed E-state index contributed by atoms with van der Waals surface area (Å²) in [4.78, 5) is 61.5. The van der Waals surface area contributed by atoms with Crippen LogP contribution in [-0.4, -0.2) is 80.0 Å². The Morgan fingerprint density at radius 1 is 0.464 bits per heavy atom. The number of aliphatic hydroxyl groups excluding tert-OH is 1. The molecule has 8 N–H and O–H groups in total. The largest absolute Gasteiger partial charge is 0.482 e. The molecule has 3 fully saturated rings. The summed E-state index contributed by atoms with van der Waals surface area (Å²) in [7, 11) is 2.66. The van der Waals surface area contributed by atoms with Crippen LogP contribution in [-0.2, 0) is 20.8 Å². The Bertz CT molecular complexity index is 4550. The molecule has 494 valence electrons. The lowest BCUT2D eigenvalue weighted by molar-refractivity contribution is -0.115. The van der Waals surface area contributed by atoms with Crippen molar-refractivity contribution in [1.82, 2.24) is 35.2 Å². The van der Waals surface area contributed by atoms with E-state index in [0.717, 1.165) is 145 Å². The van der Waals surface area contributed by atoms with Gasteiger partial charge in [0.2, 0.25) is 5.91 Å². The monoisotopic (exact) mass is 1360 g/mol. The number of ether oxygens (including phenoxy) is 1. The zero-order valence-corrected chi connectivity index (χ0v) is 57.4. The van der Waals surface area contributed by atoms with Gasteiger partial charge in [0.15, 0.2) is 5.88 Å². The second-order valence-corrected chi connectivity index (χ2v) is 27.8. The van der Waals surface area contributed by atoms with Gasteiger partial charge in [-0.25, -0.2) is 15.0 Å². The van der Waals surface area contributed by atoms with Crippen LogP contribution in [0.15, 0.2) is 162 Å².